The van der Waals surface area contributed by atoms with Gasteiger partial charge in [-0.2, -0.15) is 0 Å². The smallest absolute Gasteiger partial charge is 0.239 e. The molecule has 27 heavy (non-hydrogen) atoms. The molecule has 0 spiro atoms. The van der Waals surface area contributed by atoms with Gasteiger partial charge in [0.2, 0.25) is 5.91 Å². The van der Waals surface area contributed by atoms with Gasteiger partial charge in [0.05, 0.1) is 18.3 Å². The van der Waals surface area contributed by atoms with Crippen molar-refractivity contribution >= 4 is 44.4 Å². The predicted molar refractivity (Wildman–Crippen MR) is 109 cm³/mol. The number of pyridine rings is 1. The Labute approximate surface area is 165 Å². The average molecular weight is 427 g/mol. The molecule has 1 aromatic carbocycles. The molecule has 0 radical (unpaired) electrons. The quantitative estimate of drug-likeness (QED) is 0.666. The number of nitrogens with one attached hydrogen (secondary N) is 2. The number of amides is 1. The highest BCUT2D eigenvalue weighted by Gasteiger charge is 2.18. The molecule has 0 aliphatic carbocycles. The van der Waals surface area contributed by atoms with Crippen LogP contribution in [0.3, 0.4) is 0 Å². The van der Waals surface area contributed by atoms with Crippen LogP contribution in [0.5, 0.6) is 0 Å². The molecular formula is C19H19BrN6O. The van der Waals surface area contributed by atoms with Gasteiger partial charge in [0.15, 0.2) is 0 Å². The largest absolute Gasteiger partial charge is 0.365 e. The summed E-state index contributed by atoms with van der Waals surface area (Å²) in [6.07, 6.45) is 1.75. The highest BCUT2D eigenvalue weighted by atomic mass is 79.9. The number of anilines is 2. The number of rotatable bonds is 4. The van der Waals surface area contributed by atoms with Crippen LogP contribution in [0.25, 0.3) is 10.9 Å². The highest BCUT2D eigenvalue weighted by molar-refractivity contribution is 9.10. The molecule has 3 aromatic rings. The van der Waals surface area contributed by atoms with Crippen molar-refractivity contribution in [2.24, 2.45) is 0 Å². The van der Waals surface area contributed by atoms with Gasteiger partial charge < -0.3 is 15.5 Å². The number of aromatic nitrogens is 3. The number of nitrogens with zero attached hydrogens (tertiary/aromatic N) is 4. The predicted octanol–water partition coefficient (Wildman–Crippen LogP) is 2.64. The van der Waals surface area contributed by atoms with Gasteiger partial charge in [0, 0.05) is 29.5 Å². The Balaban J connectivity index is 1.66. The zero-order chi connectivity index (χ0) is 18.8. The maximum absolute atomic E-state index is 11.7. The van der Waals surface area contributed by atoms with Crippen molar-refractivity contribution in [2.45, 2.75) is 13.5 Å². The van der Waals surface area contributed by atoms with Crippen LogP contribution in [0.2, 0.25) is 0 Å². The Kier molecular flexibility index (Phi) is 4.89. The van der Waals surface area contributed by atoms with Crippen LogP contribution >= 0.6 is 15.9 Å². The second-order valence-corrected chi connectivity index (χ2v) is 7.35. The molecule has 1 fully saturated rings. The van der Waals surface area contributed by atoms with E-state index in [0.717, 1.165) is 39.1 Å². The van der Waals surface area contributed by atoms with Gasteiger partial charge in [0.1, 0.15) is 17.5 Å². The molecule has 2 aromatic heterocycles. The Bertz CT molecular complexity index is 1010. The number of carbonyl (C=O) groups excluding carboxylic acids is 1. The Morgan fingerprint density at radius 3 is 3.00 bits per heavy atom. The molecule has 3 heterocycles. The van der Waals surface area contributed by atoms with Gasteiger partial charge >= 0.3 is 0 Å². The van der Waals surface area contributed by atoms with E-state index in [0.29, 0.717) is 25.5 Å². The van der Waals surface area contributed by atoms with Crippen LogP contribution in [0.4, 0.5) is 11.6 Å². The van der Waals surface area contributed by atoms with Gasteiger partial charge in [0.25, 0.3) is 0 Å². The van der Waals surface area contributed by atoms with E-state index in [1.807, 2.05) is 30.0 Å². The summed E-state index contributed by atoms with van der Waals surface area (Å²) < 4.78 is 1.04. The van der Waals surface area contributed by atoms with Gasteiger partial charge in [-0.05, 0) is 30.7 Å². The Morgan fingerprint density at radius 1 is 1.30 bits per heavy atom. The summed E-state index contributed by atoms with van der Waals surface area (Å²) in [4.78, 5) is 27.2. The van der Waals surface area contributed by atoms with E-state index in [4.69, 9.17) is 0 Å². The molecule has 7 nitrogen and oxygen atoms in total. The van der Waals surface area contributed by atoms with Crippen LogP contribution in [0.1, 0.15) is 11.4 Å². The van der Waals surface area contributed by atoms with Crippen LogP contribution in [-0.4, -0.2) is 40.5 Å². The molecule has 0 unspecified atom stereocenters. The lowest BCUT2D eigenvalue weighted by molar-refractivity contribution is -0.120. The first kappa shape index (κ1) is 17.7. The standard InChI is InChI=1S/C19H19BrN6O/c1-12-24-16-10-22-17(26-6-5-21-18(27)11-26)8-15(16)19(25-12)23-9-13-3-2-4-14(20)7-13/h2-4,7-8,10H,5-6,9,11H2,1H3,(H,21,27)(H,23,24,25). The molecule has 1 aliphatic heterocycles. The molecule has 0 saturated carbocycles. The van der Waals surface area contributed by atoms with Crippen LogP contribution in [0, 0.1) is 6.92 Å². The average Bonchev–Trinajstić information content (AvgIpc) is 2.66. The van der Waals surface area contributed by atoms with E-state index >= 15 is 0 Å². The number of halogens is 1. The lowest BCUT2D eigenvalue weighted by Crippen LogP contribution is -2.48. The lowest BCUT2D eigenvalue weighted by Gasteiger charge is -2.27. The van der Waals surface area contributed by atoms with Crippen LogP contribution < -0.4 is 15.5 Å². The number of piperazine rings is 1. The second kappa shape index (κ2) is 7.48. The summed E-state index contributed by atoms with van der Waals surface area (Å²) in [5, 5.41) is 7.14. The third kappa shape index (κ3) is 4.00. The fourth-order valence-corrected chi connectivity index (χ4v) is 3.56. The van der Waals surface area contributed by atoms with Gasteiger partial charge in [-0.1, -0.05) is 28.1 Å². The summed E-state index contributed by atoms with van der Waals surface area (Å²) in [6, 6.07) is 10.1. The van der Waals surface area contributed by atoms with E-state index in [1.54, 1.807) is 6.20 Å². The normalized spacial score (nSPS) is 14.3. The second-order valence-electron chi connectivity index (χ2n) is 6.43. The first-order valence-electron chi connectivity index (χ1n) is 8.73. The number of aryl methyl sites for hydroxylation is 1. The molecular weight excluding hydrogens is 408 g/mol. The van der Waals surface area contributed by atoms with Crippen molar-refractivity contribution in [1.29, 1.82) is 0 Å². The molecule has 2 N–H and O–H groups in total. The van der Waals surface area contributed by atoms with Crippen molar-refractivity contribution in [1.82, 2.24) is 20.3 Å². The number of carbonyl (C=O) groups is 1. The number of hydrogen-bond acceptors (Lipinski definition) is 6. The highest BCUT2D eigenvalue weighted by Crippen LogP contribution is 2.25. The molecule has 8 heteroatoms. The van der Waals surface area contributed by atoms with Crippen LogP contribution in [-0.2, 0) is 11.3 Å². The van der Waals surface area contributed by atoms with Gasteiger partial charge in [-0.3, -0.25) is 4.79 Å². The molecule has 0 atom stereocenters. The van der Waals surface area contributed by atoms with Crippen molar-refractivity contribution < 1.29 is 4.79 Å². The number of hydrogen-bond donors (Lipinski definition) is 2. The maximum Gasteiger partial charge on any atom is 0.239 e. The molecule has 0 bridgehead atoms. The monoisotopic (exact) mass is 426 g/mol. The SMILES string of the molecule is Cc1nc(NCc2cccc(Br)c2)c2cc(N3CCNC(=O)C3)ncc2n1. The summed E-state index contributed by atoms with van der Waals surface area (Å²) in [5.41, 5.74) is 1.93. The van der Waals surface area contributed by atoms with E-state index in [9.17, 15) is 4.79 Å². The van der Waals surface area contributed by atoms with E-state index in [2.05, 4.69) is 53.6 Å². The fourth-order valence-electron chi connectivity index (χ4n) is 3.11. The van der Waals surface area contributed by atoms with Crippen molar-refractivity contribution in [3.8, 4) is 0 Å². The lowest BCUT2D eigenvalue weighted by atomic mass is 10.2. The van der Waals surface area contributed by atoms with Crippen molar-refractivity contribution in [3.05, 3.63) is 52.4 Å². The number of fused-ring (bicyclic) bond motifs is 1. The van der Waals surface area contributed by atoms with Gasteiger partial charge in [-0.25, -0.2) is 15.0 Å². The first-order valence-corrected chi connectivity index (χ1v) is 9.52. The third-order valence-electron chi connectivity index (χ3n) is 4.39. The van der Waals surface area contributed by atoms with E-state index < -0.39 is 0 Å². The minimum atomic E-state index is 0.0105. The van der Waals surface area contributed by atoms with Crippen molar-refractivity contribution in [3.63, 3.8) is 0 Å². The maximum atomic E-state index is 11.7. The van der Waals surface area contributed by atoms with E-state index in [-0.39, 0.29) is 5.91 Å². The molecule has 1 amide bonds. The molecule has 1 aliphatic rings. The third-order valence-corrected chi connectivity index (χ3v) is 4.88. The minimum absolute atomic E-state index is 0.0105. The summed E-state index contributed by atoms with van der Waals surface area (Å²) >= 11 is 3.50. The topological polar surface area (TPSA) is 83.0 Å². The summed E-state index contributed by atoms with van der Waals surface area (Å²) in [6.45, 7) is 4.18. The zero-order valence-electron chi connectivity index (χ0n) is 14.9. The molecule has 138 valence electrons. The fraction of sp³-hybridized carbons (Fsp3) is 0.263. The number of benzene rings is 1. The summed E-state index contributed by atoms with van der Waals surface area (Å²) in [5.74, 6) is 2.22. The Hall–Kier alpha value is -2.74. The van der Waals surface area contributed by atoms with Crippen LogP contribution in [0.15, 0.2) is 41.0 Å². The molecule has 1 saturated heterocycles. The minimum Gasteiger partial charge on any atom is -0.365 e. The molecule has 4 rings (SSSR count). The van der Waals surface area contributed by atoms with E-state index in [1.165, 1.54) is 0 Å². The van der Waals surface area contributed by atoms with Crippen molar-refractivity contribution in [2.75, 3.05) is 29.9 Å². The summed E-state index contributed by atoms with van der Waals surface area (Å²) in [7, 11) is 0. The first-order chi connectivity index (χ1) is 13.1. The Morgan fingerprint density at radius 2 is 2.19 bits per heavy atom. The van der Waals surface area contributed by atoms with Gasteiger partial charge in [-0.15, -0.1) is 0 Å². The zero-order valence-corrected chi connectivity index (χ0v) is 16.5.